The quantitative estimate of drug-likeness (QED) is 0.772. The summed E-state index contributed by atoms with van der Waals surface area (Å²) in [5.74, 6) is 1.40. The first-order valence-electron chi connectivity index (χ1n) is 8.83. The van der Waals surface area contributed by atoms with E-state index in [1.807, 2.05) is 56.1 Å². The van der Waals surface area contributed by atoms with E-state index >= 15 is 0 Å². The SMILES string of the molecule is Cn1cc(N2C=Cn3nc(Nc4ccc(C5(C#N)CC5)cc4)nc3C2)cn1. The van der Waals surface area contributed by atoms with Crippen molar-refractivity contribution >= 4 is 23.5 Å². The van der Waals surface area contributed by atoms with Gasteiger partial charge in [-0.05, 0) is 30.5 Å². The van der Waals surface area contributed by atoms with Crippen LogP contribution in [0.5, 0.6) is 0 Å². The molecule has 8 nitrogen and oxygen atoms in total. The highest BCUT2D eigenvalue weighted by Crippen LogP contribution is 2.47. The van der Waals surface area contributed by atoms with E-state index in [1.54, 1.807) is 9.36 Å². The predicted octanol–water partition coefficient (Wildman–Crippen LogP) is 2.76. The monoisotopic (exact) mass is 358 g/mol. The Morgan fingerprint density at radius 1 is 1.19 bits per heavy atom. The third-order valence-corrected chi connectivity index (χ3v) is 5.08. The molecule has 1 aliphatic heterocycles. The zero-order chi connectivity index (χ0) is 18.4. The molecule has 3 heterocycles. The first-order valence-corrected chi connectivity index (χ1v) is 8.83. The third-order valence-electron chi connectivity index (χ3n) is 5.08. The molecule has 1 N–H and O–H groups in total. The topological polar surface area (TPSA) is 87.6 Å². The highest BCUT2D eigenvalue weighted by Gasteiger charge is 2.44. The number of benzene rings is 1. The Labute approximate surface area is 156 Å². The number of hydrogen-bond acceptors (Lipinski definition) is 6. The van der Waals surface area contributed by atoms with Crippen molar-refractivity contribution < 1.29 is 0 Å². The van der Waals surface area contributed by atoms with E-state index in [-0.39, 0.29) is 5.41 Å². The fourth-order valence-corrected chi connectivity index (χ4v) is 3.31. The molecule has 0 bridgehead atoms. The van der Waals surface area contributed by atoms with Crippen LogP contribution in [0, 0.1) is 11.3 Å². The summed E-state index contributed by atoms with van der Waals surface area (Å²) in [4.78, 5) is 6.67. The molecular weight excluding hydrogens is 340 g/mol. The maximum Gasteiger partial charge on any atom is 0.247 e. The van der Waals surface area contributed by atoms with Crippen molar-refractivity contribution in [1.82, 2.24) is 24.5 Å². The van der Waals surface area contributed by atoms with Crippen molar-refractivity contribution in [3.63, 3.8) is 0 Å². The van der Waals surface area contributed by atoms with Crippen LogP contribution in [0.1, 0.15) is 24.2 Å². The van der Waals surface area contributed by atoms with E-state index in [0.717, 1.165) is 35.6 Å². The molecule has 0 saturated heterocycles. The largest absolute Gasteiger partial charge is 0.336 e. The molecule has 1 aliphatic carbocycles. The Bertz CT molecular complexity index is 1060. The van der Waals surface area contributed by atoms with Gasteiger partial charge in [0.15, 0.2) is 5.82 Å². The normalized spacial score (nSPS) is 16.7. The molecule has 5 rings (SSSR count). The Morgan fingerprint density at radius 3 is 2.67 bits per heavy atom. The van der Waals surface area contributed by atoms with Crippen LogP contribution in [-0.4, -0.2) is 24.5 Å². The average molecular weight is 358 g/mol. The Hall–Kier alpha value is -3.60. The molecule has 3 aromatic rings. The van der Waals surface area contributed by atoms with Crippen LogP contribution in [0.3, 0.4) is 0 Å². The van der Waals surface area contributed by atoms with Gasteiger partial charge in [-0.2, -0.15) is 15.3 Å². The van der Waals surface area contributed by atoms with Crippen molar-refractivity contribution in [1.29, 1.82) is 5.26 Å². The lowest BCUT2D eigenvalue weighted by atomic mass is 9.98. The van der Waals surface area contributed by atoms with Crippen LogP contribution in [0.2, 0.25) is 0 Å². The Kier molecular flexibility index (Phi) is 3.31. The second-order valence-corrected chi connectivity index (χ2v) is 6.99. The molecule has 0 unspecified atom stereocenters. The molecule has 8 heteroatoms. The van der Waals surface area contributed by atoms with Crippen molar-refractivity contribution in [3.05, 3.63) is 54.2 Å². The van der Waals surface area contributed by atoms with Crippen LogP contribution in [0.25, 0.3) is 6.20 Å². The lowest BCUT2D eigenvalue weighted by Crippen LogP contribution is -2.21. The number of rotatable bonds is 4. The van der Waals surface area contributed by atoms with Gasteiger partial charge in [0.1, 0.15) is 0 Å². The Balaban J connectivity index is 1.32. The van der Waals surface area contributed by atoms with Crippen LogP contribution in [0.4, 0.5) is 17.3 Å². The third kappa shape index (κ3) is 2.73. The van der Waals surface area contributed by atoms with Gasteiger partial charge in [0.25, 0.3) is 0 Å². The lowest BCUT2D eigenvalue weighted by Gasteiger charge is -2.20. The minimum absolute atomic E-state index is 0.259. The zero-order valence-corrected chi connectivity index (χ0v) is 14.9. The summed E-state index contributed by atoms with van der Waals surface area (Å²) in [7, 11) is 1.90. The maximum atomic E-state index is 9.31. The summed E-state index contributed by atoms with van der Waals surface area (Å²) < 4.78 is 3.55. The van der Waals surface area contributed by atoms with Crippen molar-refractivity contribution in [2.75, 3.05) is 10.2 Å². The second kappa shape index (κ2) is 5.71. The van der Waals surface area contributed by atoms with Gasteiger partial charge in [0.05, 0.1) is 29.9 Å². The molecule has 1 aromatic carbocycles. The lowest BCUT2D eigenvalue weighted by molar-refractivity contribution is 0.763. The number of aryl methyl sites for hydroxylation is 1. The summed E-state index contributed by atoms with van der Waals surface area (Å²) >= 11 is 0. The van der Waals surface area contributed by atoms with Gasteiger partial charge in [-0.3, -0.25) is 4.68 Å². The molecule has 2 aliphatic rings. The molecule has 0 atom stereocenters. The number of nitriles is 1. The van der Waals surface area contributed by atoms with Gasteiger partial charge in [0.2, 0.25) is 5.95 Å². The summed E-state index contributed by atoms with van der Waals surface area (Å²) in [6, 6.07) is 10.4. The number of fused-ring (bicyclic) bond motifs is 1. The Morgan fingerprint density at radius 2 is 2.00 bits per heavy atom. The van der Waals surface area contributed by atoms with Crippen LogP contribution in [-0.2, 0) is 19.0 Å². The van der Waals surface area contributed by atoms with Gasteiger partial charge in [-0.1, -0.05) is 12.1 Å². The molecule has 2 aromatic heterocycles. The van der Waals surface area contributed by atoms with E-state index in [9.17, 15) is 5.26 Å². The molecule has 1 fully saturated rings. The standard InChI is InChI=1S/C19H18N8/c1-25-11-16(10-21-25)26-8-9-27-17(12-26)23-18(24-27)22-15-4-2-14(3-5-15)19(13-20)6-7-19/h2-5,8-11H,6-7,12H2,1H3,(H,22,24). The molecule has 0 radical (unpaired) electrons. The highest BCUT2D eigenvalue weighted by atomic mass is 15.4. The fourth-order valence-electron chi connectivity index (χ4n) is 3.31. The van der Waals surface area contributed by atoms with Crippen LogP contribution >= 0.6 is 0 Å². The average Bonchev–Trinajstić information content (AvgIpc) is 3.20. The number of hydrogen-bond donors (Lipinski definition) is 1. The molecule has 0 amide bonds. The predicted molar refractivity (Wildman–Crippen MR) is 101 cm³/mol. The van der Waals surface area contributed by atoms with E-state index < -0.39 is 0 Å². The van der Waals surface area contributed by atoms with Crippen molar-refractivity contribution in [2.45, 2.75) is 24.8 Å². The second-order valence-electron chi connectivity index (χ2n) is 6.99. The van der Waals surface area contributed by atoms with Crippen LogP contribution < -0.4 is 10.2 Å². The van der Waals surface area contributed by atoms with E-state index in [4.69, 9.17) is 0 Å². The summed E-state index contributed by atoms with van der Waals surface area (Å²) in [6.07, 6.45) is 9.54. The number of aromatic nitrogens is 5. The zero-order valence-electron chi connectivity index (χ0n) is 14.9. The van der Waals surface area contributed by atoms with Crippen LogP contribution in [0.15, 0.2) is 42.9 Å². The van der Waals surface area contributed by atoms with Crippen molar-refractivity contribution in [3.8, 4) is 6.07 Å². The molecular formula is C19H18N8. The van der Waals surface area contributed by atoms with E-state index in [1.165, 1.54) is 0 Å². The number of nitrogens with one attached hydrogen (secondary N) is 1. The number of nitrogens with zero attached hydrogens (tertiary/aromatic N) is 7. The number of anilines is 3. The first-order chi connectivity index (χ1) is 13.1. The highest BCUT2D eigenvalue weighted by molar-refractivity contribution is 5.57. The van der Waals surface area contributed by atoms with Gasteiger partial charge in [0, 0.05) is 31.3 Å². The van der Waals surface area contributed by atoms with Gasteiger partial charge >= 0.3 is 0 Å². The van der Waals surface area contributed by atoms with Gasteiger partial charge < -0.3 is 10.2 Å². The summed E-state index contributed by atoms with van der Waals surface area (Å²) in [5.41, 5.74) is 2.75. The first kappa shape index (κ1) is 15.6. The van der Waals surface area contributed by atoms with Gasteiger partial charge in [-0.25, -0.2) is 4.68 Å². The molecule has 1 saturated carbocycles. The minimum Gasteiger partial charge on any atom is -0.336 e. The molecule has 0 spiro atoms. The summed E-state index contributed by atoms with van der Waals surface area (Å²) in [5, 5.41) is 21.2. The van der Waals surface area contributed by atoms with Gasteiger partial charge in [-0.15, -0.1) is 5.10 Å². The van der Waals surface area contributed by atoms with E-state index in [0.29, 0.717) is 12.5 Å². The van der Waals surface area contributed by atoms with Crippen molar-refractivity contribution in [2.24, 2.45) is 7.05 Å². The molecule has 134 valence electrons. The maximum absolute atomic E-state index is 9.31. The molecule has 27 heavy (non-hydrogen) atoms. The fraction of sp³-hybridized carbons (Fsp3) is 0.263. The minimum atomic E-state index is -0.259. The van der Waals surface area contributed by atoms with E-state index in [2.05, 4.69) is 31.5 Å². The smallest absolute Gasteiger partial charge is 0.247 e. The summed E-state index contributed by atoms with van der Waals surface area (Å²) in [6.45, 7) is 0.625.